The van der Waals surface area contributed by atoms with Crippen molar-refractivity contribution in [1.82, 2.24) is 4.90 Å². The number of carboxylic acid groups (broad SMARTS) is 1. The van der Waals surface area contributed by atoms with Crippen LogP contribution in [0.3, 0.4) is 0 Å². The number of carbonyl (C=O) groups is 2. The zero-order chi connectivity index (χ0) is 18.7. The highest BCUT2D eigenvalue weighted by Gasteiger charge is 2.62. The number of amides is 1. The highest BCUT2D eigenvalue weighted by molar-refractivity contribution is 6.00. The number of hydrogen-bond donors (Lipinski definition) is 2. The summed E-state index contributed by atoms with van der Waals surface area (Å²) in [6.07, 6.45) is 0.883. The van der Waals surface area contributed by atoms with Crippen LogP contribution in [0.5, 0.6) is 0 Å². The van der Waals surface area contributed by atoms with Gasteiger partial charge in [-0.05, 0) is 17.5 Å². The van der Waals surface area contributed by atoms with Gasteiger partial charge in [0, 0.05) is 19.0 Å². The van der Waals surface area contributed by atoms with Crippen LogP contribution >= 0.6 is 0 Å². The van der Waals surface area contributed by atoms with Crippen molar-refractivity contribution < 1.29 is 14.7 Å². The number of nitrogens with zero attached hydrogens (tertiary/aromatic N) is 1. The minimum atomic E-state index is -1.23. The Morgan fingerprint density at radius 1 is 1.12 bits per heavy atom. The van der Waals surface area contributed by atoms with E-state index < -0.39 is 17.4 Å². The summed E-state index contributed by atoms with van der Waals surface area (Å²) >= 11 is 0. The van der Waals surface area contributed by atoms with Crippen molar-refractivity contribution in [2.45, 2.75) is 31.3 Å². The summed E-state index contributed by atoms with van der Waals surface area (Å²) in [5.41, 5.74) is 7.00. The second-order valence-corrected chi connectivity index (χ2v) is 7.01. The van der Waals surface area contributed by atoms with Gasteiger partial charge < -0.3 is 15.7 Å². The van der Waals surface area contributed by atoms with E-state index in [1.165, 1.54) is 4.90 Å². The molecular formula is C21H24N2O3. The molecule has 1 saturated heterocycles. The van der Waals surface area contributed by atoms with E-state index in [9.17, 15) is 14.7 Å². The number of carboxylic acids is 1. The lowest BCUT2D eigenvalue weighted by molar-refractivity contribution is -0.187. The Bertz CT molecular complexity index is 778. The SMILES string of the molecule is C[C@@H]1C(=O)N(C[C@@H](N)Cc2ccccc2)[C@]1(Cc1ccccc1)C(=O)O. The molecule has 26 heavy (non-hydrogen) atoms. The molecule has 0 aromatic heterocycles. The smallest absolute Gasteiger partial charge is 0.330 e. The zero-order valence-corrected chi connectivity index (χ0v) is 14.8. The lowest BCUT2D eigenvalue weighted by atomic mass is 9.70. The topological polar surface area (TPSA) is 83.6 Å². The molecule has 2 aromatic carbocycles. The minimum absolute atomic E-state index is 0.146. The van der Waals surface area contributed by atoms with Gasteiger partial charge in [0.05, 0.1) is 5.92 Å². The summed E-state index contributed by atoms with van der Waals surface area (Å²) in [7, 11) is 0. The highest BCUT2D eigenvalue weighted by atomic mass is 16.4. The molecule has 0 saturated carbocycles. The molecule has 0 unspecified atom stereocenters. The number of carbonyl (C=O) groups excluding carboxylic acids is 1. The molecule has 0 radical (unpaired) electrons. The van der Waals surface area contributed by atoms with Gasteiger partial charge in [-0.3, -0.25) is 4.79 Å². The fourth-order valence-corrected chi connectivity index (χ4v) is 3.80. The summed E-state index contributed by atoms with van der Waals surface area (Å²) in [5, 5.41) is 9.97. The Labute approximate surface area is 153 Å². The lowest BCUT2D eigenvalue weighted by Gasteiger charge is -2.54. The Kier molecular flexibility index (Phi) is 5.09. The van der Waals surface area contributed by atoms with E-state index in [-0.39, 0.29) is 24.9 Å². The Balaban J connectivity index is 1.79. The number of rotatable bonds is 7. The first kappa shape index (κ1) is 18.1. The van der Waals surface area contributed by atoms with Gasteiger partial charge in [0.15, 0.2) is 5.54 Å². The predicted molar refractivity (Wildman–Crippen MR) is 99.5 cm³/mol. The third-order valence-electron chi connectivity index (χ3n) is 5.28. The maximum Gasteiger partial charge on any atom is 0.330 e. The Hall–Kier alpha value is -2.66. The molecule has 5 nitrogen and oxygen atoms in total. The third kappa shape index (κ3) is 3.22. The molecule has 3 atom stereocenters. The predicted octanol–water partition coefficient (Wildman–Crippen LogP) is 2.10. The first-order valence-corrected chi connectivity index (χ1v) is 8.83. The number of hydrogen-bond acceptors (Lipinski definition) is 3. The van der Waals surface area contributed by atoms with Gasteiger partial charge in [-0.2, -0.15) is 0 Å². The maximum atomic E-state index is 12.5. The van der Waals surface area contributed by atoms with Crippen LogP contribution in [0.25, 0.3) is 0 Å². The van der Waals surface area contributed by atoms with Gasteiger partial charge in [-0.15, -0.1) is 0 Å². The van der Waals surface area contributed by atoms with Gasteiger partial charge in [0.1, 0.15) is 0 Å². The van der Waals surface area contributed by atoms with Crippen molar-refractivity contribution >= 4 is 11.9 Å². The van der Waals surface area contributed by atoms with Crippen molar-refractivity contribution in [3.63, 3.8) is 0 Å². The Morgan fingerprint density at radius 3 is 2.19 bits per heavy atom. The van der Waals surface area contributed by atoms with E-state index in [1.807, 2.05) is 60.7 Å². The van der Waals surface area contributed by atoms with Gasteiger partial charge in [-0.25, -0.2) is 4.79 Å². The maximum absolute atomic E-state index is 12.5. The van der Waals surface area contributed by atoms with Gasteiger partial charge >= 0.3 is 5.97 Å². The molecular weight excluding hydrogens is 328 g/mol. The minimum Gasteiger partial charge on any atom is -0.479 e. The fourth-order valence-electron chi connectivity index (χ4n) is 3.80. The summed E-state index contributed by atoms with van der Waals surface area (Å²) in [6, 6.07) is 18.9. The van der Waals surface area contributed by atoms with Crippen LogP contribution in [-0.2, 0) is 22.4 Å². The van der Waals surface area contributed by atoms with Gasteiger partial charge in [-0.1, -0.05) is 67.6 Å². The van der Waals surface area contributed by atoms with Crippen LogP contribution in [-0.4, -0.2) is 40.0 Å². The quantitative estimate of drug-likeness (QED) is 0.748. The van der Waals surface area contributed by atoms with E-state index in [4.69, 9.17) is 5.73 Å². The van der Waals surface area contributed by atoms with Gasteiger partial charge in [0.2, 0.25) is 5.91 Å². The molecule has 136 valence electrons. The summed E-state index contributed by atoms with van der Waals surface area (Å²) in [4.78, 5) is 26.1. The van der Waals surface area contributed by atoms with E-state index in [0.717, 1.165) is 11.1 Å². The molecule has 3 rings (SSSR count). The molecule has 1 heterocycles. The highest BCUT2D eigenvalue weighted by Crippen LogP contribution is 2.41. The number of benzene rings is 2. The van der Waals surface area contributed by atoms with Crippen molar-refractivity contribution in [1.29, 1.82) is 0 Å². The molecule has 1 fully saturated rings. The summed E-state index contributed by atoms with van der Waals surface area (Å²) in [6.45, 7) is 1.93. The van der Waals surface area contributed by atoms with Crippen LogP contribution < -0.4 is 5.73 Å². The van der Waals surface area contributed by atoms with E-state index >= 15 is 0 Å². The molecule has 1 aliphatic rings. The van der Waals surface area contributed by atoms with Gasteiger partial charge in [0.25, 0.3) is 0 Å². The molecule has 0 spiro atoms. The summed E-state index contributed by atoms with van der Waals surface area (Å²) < 4.78 is 0. The summed E-state index contributed by atoms with van der Waals surface area (Å²) in [5.74, 6) is -1.68. The second-order valence-electron chi connectivity index (χ2n) is 7.01. The average molecular weight is 352 g/mol. The number of likely N-dealkylation sites (tertiary alicyclic amines) is 1. The van der Waals surface area contributed by atoms with Crippen molar-refractivity contribution in [3.8, 4) is 0 Å². The van der Waals surface area contributed by atoms with E-state index in [2.05, 4.69) is 0 Å². The molecule has 1 aliphatic heterocycles. The molecule has 2 aromatic rings. The largest absolute Gasteiger partial charge is 0.479 e. The van der Waals surface area contributed by atoms with E-state index in [0.29, 0.717) is 6.42 Å². The monoisotopic (exact) mass is 352 g/mol. The molecule has 1 amide bonds. The first-order chi connectivity index (χ1) is 12.4. The van der Waals surface area contributed by atoms with Crippen molar-refractivity contribution in [2.75, 3.05) is 6.54 Å². The molecule has 0 aliphatic carbocycles. The van der Waals surface area contributed by atoms with Crippen LogP contribution in [0.1, 0.15) is 18.1 Å². The van der Waals surface area contributed by atoms with E-state index in [1.54, 1.807) is 6.92 Å². The number of β-lactam (4-membered cyclic amide) rings is 1. The third-order valence-corrected chi connectivity index (χ3v) is 5.28. The van der Waals surface area contributed by atoms with Crippen LogP contribution in [0, 0.1) is 5.92 Å². The molecule has 5 heteroatoms. The zero-order valence-electron chi connectivity index (χ0n) is 14.8. The number of nitrogens with two attached hydrogens (primary N) is 1. The van der Waals surface area contributed by atoms with Crippen LogP contribution in [0.2, 0.25) is 0 Å². The van der Waals surface area contributed by atoms with Crippen molar-refractivity contribution in [2.24, 2.45) is 11.7 Å². The van der Waals surface area contributed by atoms with Crippen LogP contribution in [0.15, 0.2) is 60.7 Å². The normalized spacial score (nSPS) is 23.4. The second kappa shape index (κ2) is 7.30. The standard InChI is InChI=1S/C21H24N2O3/c1-15-19(24)23(14-18(22)12-16-8-4-2-5-9-16)21(15,20(25)26)13-17-10-6-3-7-11-17/h2-11,15,18H,12-14,22H2,1H3,(H,25,26)/t15-,18+,21+/m1/s1. The number of aliphatic carboxylic acids is 1. The fraction of sp³-hybridized carbons (Fsp3) is 0.333. The average Bonchev–Trinajstić information content (AvgIpc) is 2.65. The van der Waals surface area contributed by atoms with Crippen molar-refractivity contribution in [3.05, 3.63) is 71.8 Å². The molecule has 3 N–H and O–H groups in total. The lowest BCUT2D eigenvalue weighted by Crippen LogP contribution is -2.76. The first-order valence-electron chi connectivity index (χ1n) is 8.83. The van der Waals surface area contributed by atoms with Crippen LogP contribution in [0.4, 0.5) is 0 Å². The molecule has 0 bridgehead atoms. The Morgan fingerprint density at radius 2 is 1.65 bits per heavy atom.